The molecule has 1 aromatic carbocycles. The molecule has 2 N–H and O–H groups in total. The minimum atomic E-state index is 0.346. The number of para-hydroxylation sites is 1. The van der Waals surface area contributed by atoms with Crippen LogP contribution in [0.4, 0.5) is 5.69 Å². The Morgan fingerprint density at radius 3 is 2.39 bits per heavy atom. The lowest BCUT2D eigenvalue weighted by molar-refractivity contribution is 0.238. The predicted molar refractivity (Wildman–Crippen MR) is 78.0 cm³/mol. The molecule has 3 nitrogen and oxygen atoms in total. The molecule has 2 rings (SSSR count). The summed E-state index contributed by atoms with van der Waals surface area (Å²) in [6.07, 6.45) is 2.32. The van der Waals surface area contributed by atoms with Crippen molar-refractivity contribution in [1.29, 1.82) is 0 Å². The molecule has 100 valence electrons. The number of hydrogen-bond donors (Lipinski definition) is 1. The van der Waals surface area contributed by atoms with Gasteiger partial charge in [-0.05, 0) is 18.6 Å². The number of nitrogens with two attached hydrogens (primary N) is 1. The summed E-state index contributed by atoms with van der Waals surface area (Å²) in [5.74, 6) is 0. The van der Waals surface area contributed by atoms with Gasteiger partial charge in [-0.3, -0.25) is 4.90 Å². The Balaban J connectivity index is 1.78. The Bertz CT molecular complexity index is 331. The SMILES string of the molecule is CCC[C@@H](N)CN1CCN(c2ccccc2)CC1. The van der Waals surface area contributed by atoms with Gasteiger partial charge in [0, 0.05) is 44.5 Å². The van der Waals surface area contributed by atoms with Crippen LogP contribution in [0.25, 0.3) is 0 Å². The Morgan fingerprint density at radius 2 is 1.78 bits per heavy atom. The quantitative estimate of drug-likeness (QED) is 0.863. The maximum Gasteiger partial charge on any atom is 0.0367 e. The van der Waals surface area contributed by atoms with Crippen molar-refractivity contribution in [3.8, 4) is 0 Å². The summed E-state index contributed by atoms with van der Waals surface area (Å²) in [5.41, 5.74) is 7.45. The highest BCUT2D eigenvalue weighted by Gasteiger charge is 2.18. The lowest BCUT2D eigenvalue weighted by Crippen LogP contribution is -2.49. The van der Waals surface area contributed by atoms with E-state index in [1.165, 1.54) is 12.1 Å². The van der Waals surface area contributed by atoms with Crippen molar-refractivity contribution < 1.29 is 0 Å². The fraction of sp³-hybridized carbons (Fsp3) is 0.600. The third-order valence-electron chi connectivity index (χ3n) is 3.65. The summed E-state index contributed by atoms with van der Waals surface area (Å²) in [6, 6.07) is 11.0. The number of nitrogens with zero attached hydrogens (tertiary/aromatic N) is 2. The molecule has 0 aliphatic carbocycles. The van der Waals surface area contributed by atoms with Crippen LogP contribution in [0.1, 0.15) is 19.8 Å². The van der Waals surface area contributed by atoms with Gasteiger partial charge in [0.05, 0.1) is 0 Å². The van der Waals surface area contributed by atoms with Gasteiger partial charge in [-0.1, -0.05) is 31.5 Å². The summed E-state index contributed by atoms with van der Waals surface area (Å²) < 4.78 is 0. The Kier molecular flexibility index (Phi) is 5.02. The molecule has 18 heavy (non-hydrogen) atoms. The molecule has 0 radical (unpaired) electrons. The van der Waals surface area contributed by atoms with Crippen LogP contribution < -0.4 is 10.6 Å². The molecular weight excluding hydrogens is 222 g/mol. The first kappa shape index (κ1) is 13.4. The van der Waals surface area contributed by atoms with Gasteiger partial charge in [0.25, 0.3) is 0 Å². The second-order valence-corrected chi connectivity index (χ2v) is 5.17. The number of anilines is 1. The molecular formula is C15H25N3. The van der Waals surface area contributed by atoms with Crippen LogP contribution in [0.5, 0.6) is 0 Å². The highest BCUT2D eigenvalue weighted by molar-refractivity contribution is 5.46. The molecule has 0 bridgehead atoms. The fourth-order valence-corrected chi connectivity index (χ4v) is 2.62. The van der Waals surface area contributed by atoms with Crippen molar-refractivity contribution in [2.45, 2.75) is 25.8 Å². The second kappa shape index (κ2) is 6.76. The molecule has 0 saturated carbocycles. The Hall–Kier alpha value is -1.06. The third kappa shape index (κ3) is 3.72. The zero-order valence-electron chi connectivity index (χ0n) is 11.4. The van der Waals surface area contributed by atoms with Crippen LogP contribution in [-0.4, -0.2) is 43.7 Å². The van der Waals surface area contributed by atoms with E-state index in [-0.39, 0.29) is 0 Å². The molecule has 0 aromatic heterocycles. The molecule has 0 spiro atoms. The van der Waals surface area contributed by atoms with E-state index >= 15 is 0 Å². The van der Waals surface area contributed by atoms with Crippen LogP contribution in [0, 0.1) is 0 Å². The van der Waals surface area contributed by atoms with Crippen LogP contribution in [0.15, 0.2) is 30.3 Å². The summed E-state index contributed by atoms with van der Waals surface area (Å²) >= 11 is 0. The smallest absolute Gasteiger partial charge is 0.0367 e. The zero-order valence-corrected chi connectivity index (χ0v) is 11.4. The summed E-state index contributed by atoms with van der Waals surface area (Å²) in [4.78, 5) is 4.96. The summed E-state index contributed by atoms with van der Waals surface area (Å²) in [5, 5.41) is 0. The van der Waals surface area contributed by atoms with E-state index in [1.54, 1.807) is 0 Å². The van der Waals surface area contributed by atoms with Crippen molar-refractivity contribution in [3.05, 3.63) is 30.3 Å². The molecule has 1 aromatic rings. The summed E-state index contributed by atoms with van der Waals surface area (Å²) in [7, 11) is 0. The van der Waals surface area contributed by atoms with Gasteiger partial charge in [-0.15, -0.1) is 0 Å². The van der Waals surface area contributed by atoms with Crippen LogP contribution in [-0.2, 0) is 0 Å². The van der Waals surface area contributed by atoms with Crippen molar-refractivity contribution in [2.24, 2.45) is 5.73 Å². The number of benzene rings is 1. The maximum atomic E-state index is 6.11. The predicted octanol–water partition coefficient (Wildman–Crippen LogP) is 1.94. The first-order chi connectivity index (χ1) is 8.79. The van der Waals surface area contributed by atoms with Crippen LogP contribution in [0.3, 0.4) is 0 Å². The standard InChI is InChI=1S/C15H25N3/c1-2-6-14(16)13-17-9-11-18(12-10-17)15-7-4-3-5-8-15/h3-5,7-8,14H,2,6,9-13,16H2,1H3/t14-/m1/s1. The number of rotatable bonds is 5. The lowest BCUT2D eigenvalue weighted by atomic mass is 10.1. The second-order valence-electron chi connectivity index (χ2n) is 5.17. The highest BCUT2D eigenvalue weighted by atomic mass is 15.3. The molecule has 0 amide bonds. The topological polar surface area (TPSA) is 32.5 Å². The molecule has 1 aliphatic heterocycles. The van der Waals surface area contributed by atoms with Gasteiger partial charge in [-0.2, -0.15) is 0 Å². The van der Waals surface area contributed by atoms with Crippen molar-refractivity contribution in [1.82, 2.24) is 4.90 Å². The first-order valence-electron chi connectivity index (χ1n) is 7.07. The van der Waals surface area contributed by atoms with E-state index in [4.69, 9.17) is 5.73 Å². The lowest BCUT2D eigenvalue weighted by Gasteiger charge is -2.37. The number of piperazine rings is 1. The zero-order chi connectivity index (χ0) is 12.8. The molecule has 3 heteroatoms. The Labute approximate surface area is 111 Å². The molecule has 0 unspecified atom stereocenters. The summed E-state index contributed by atoms with van der Waals surface area (Å²) in [6.45, 7) is 7.74. The molecule has 1 atom stereocenters. The van der Waals surface area contributed by atoms with E-state index in [9.17, 15) is 0 Å². The van der Waals surface area contributed by atoms with Gasteiger partial charge in [-0.25, -0.2) is 0 Å². The minimum Gasteiger partial charge on any atom is -0.369 e. The largest absolute Gasteiger partial charge is 0.369 e. The average Bonchev–Trinajstić information content (AvgIpc) is 2.41. The van der Waals surface area contributed by atoms with E-state index in [2.05, 4.69) is 47.1 Å². The molecule has 1 fully saturated rings. The maximum absolute atomic E-state index is 6.11. The Morgan fingerprint density at radius 1 is 1.11 bits per heavy atom. The van der Waals surface area contributed by atoms with Crippen molar-refractivity contribution in [2.75, 3.05) is 37.6 Å². The minimum absolute atomic E-state index is 0.346. The van der Waals surface area contributed by atoms with Gasteiger partial charge < -0.3 is 10.6 Å². The van der Waals surface area contributed by atoms with E-state index in [0.29, 0.717) is 6.04 Å². The average molecular weight is 247 g/mol. The highest BCUT2D eigenvalue weighted by Crippen LogP contribution is 2.15. The fourth-order valence-electron chi connectivity index (χ4n) is 2.62. The van der Waals surface area contributed by atoms with Crippen molar-refractivity contribution in [3.63, 3.8) is 0 Å². The van der Waals surface area contributed by atoms with Gasteiger partial charge >= 0.3 is 0 Å². The third-order valence-corrected chi connectivity index (χ3v) is 3.65. The van der Waals surface area contributed by atoms with E-state index in [0.717, 1.165) is 39.1 Å². The molecule has 1 aliphatic rings. The number of hydrogen-bond acceptors (Lipinski definition) is 3. The van der Waals surface area contributed by atoms with Crippen molar-refractivity contribution >= 4 is 5.69 Å². The van der Waals surface area contributed by atoms with E-state index < -0.39 is 0 Å². The normalized spacial score (nSPS) is 18.9. The molecule has 1 heterocycles. The van der Waals surface area contributed by atoms with Gasteiger partial charge in [0.2, 0.25) is 0 Å². The van der Waals surface area contributed by atoms with Crippen LogP contribution in [0.2, 0.25) is 0 Å². The first-order valence-corrected chi connectivity index (χ1v) is 7.07. The molecule has 1 saturated heterocycles. The van der Waals surface area contributed by atoms with Gasteiger partial charge in [0.1, 0.15) is 0 Å². The van der Waals surface area contributed by atoms with Gasteiger partial charge in [0.15, 0.2) is 0 Å². The monoisotopic (exact) mass is 247 g/mol. The van der Waals surface area contributed by atoms with E-state index in [1.807, 2.05) is 0 Å². The van der Waals surface area contributed by atoms with Crippen LogP contribution >= 0.6 is 0 Å².